The topological polar surface area (TPSA) is 130 Å². The number of likely N-dealkylation sites (N-methyl/N-ethyl adjacent to an activating group) is 1. The van der Waals surface area contributed by atoms with Crippen molar-refractivity contribution < 1.29 is 23.6 Å². The lowest BCUT2D eigenvalue weighted by Crippen LogP contribution is -2.57. The number of allylic oxidation sites excluding steroid dienone is 1. The molecular weight excluding hydrogens is 554 g/mol. The maximum Gasteiger partial charge on any atom is 0.267 e. The number of hydrogen-bond acceptors (Lipinski definition) is 8. The summed E-state index contributed by atoms with van der Waals surface area (Å²) in [7, 11) is 3.23. The molecule has 1 aliphatic heterocycles. The van der Waals surface area contributed by atoms with Gasteiger partial charge in [-0.2, -0.15) is 0 Å². The first kappa shape index (κ1) is 29.9. The van der Waals surface area contributed by atoms with Crippen molar-refractivity contribution in [1.82, 2.24) is 19.8 Å². The van der Waals surface area contributed by atoms with E-state index in [-0.39, 0.29) is 36.4 Å². The van der Waals surface area contributed by atoms with Gasteiger partial charge in [0.25, 0.3) is 11.8 Å². The Morgan fingerprint density at radius 1 is 1.17 bits per heavy atom. The second-order valence-electron chi connectivity index (χ2n) is 11.1. The smallest absolute Gasteiger partial charge is 0.267 e. The number of benzene rings is 2. The molecule has 0 radical (unpaired) electrons. The average molecular weight is 594 g/mol. The van der Waals surface area contributed by atoms with Crippen LogP contribution in [0, 0.1) is 11.3 Å². The van der Waals surface area contributed by atoms with Crippen LogP contribution in [0.3, 0.4) is 0 Å². The molecule has 224 valence electrons. The lowest BCUT2D eigenvalue weighted by Gasteiger charge is -2.40. The molecule has 10 nitrogen and oxygen atoms in total. The number of nitrogens with zero attached hydrogens (tertiary/aromatic N) is 2. The minimum absolute atomic E-state index is 0.00708. The largest absolute Gasteiger partial charge is 0.598 e. The van der Waals surface area contributed by atoms with Crippen LogP contribution in [-0.4, -0.2) is 76.9 Å². The summed E-state index contributed by atoms with van der Waals surface area (Å²) in [6.45, 7) is 2.32. The molecule has 2 amide bonds. The van der Waals surface area contributed by atoms with Gasteiger partial charge in [-0.05, 0) is 55.5 Å². The van der Waals surface area contributed by atoms with E-state index in [2.05, 4.69) is 10.6 Å². The second-order valence-corrected chi connectivity index (χ2v) is 12.4. The van der Waals surface area contributed by atoms with Crippen LogP contribution in [0.25, 0.3) is 0 Å². The van der Waals surface area contributed by atoms with E-state index in [9.17, 15) is 14.1 Å². The monoisotopic (exact) mass is 593 g/mol. The van der Waals surface area contributed by atoms with E-state index in [0.29, 0.717) is 48.1 Å². The molecule has 3 N–H and O–H groups in total. The van der Waals surface area contributed by atoms with Gasteiger partial charge in [0.05, 0.1) is 19.2 Å². The van der Waals surface area contributed by atoms with E-state index in [0.717, 1.165) is 36.8 Å². The van der Waals surface area contributed by atoms with E-state index in [1.807, 2.05) is 51.7 Å². The van der Waals surface area contributed by atoms with Gasteiger partial charge in [-0.1, -0.05) is 24.3 Å². The summed E-state index contributed by atoms with van der Waals surface area (Å²) in [5, 5.41) is 13.9. The molecule has 2 aliphatic carbocycles. The number of rotatable bonds is 12. The second kappa shape index (κ2) is 12.8. The number of amides is 2. The molecule has 0 bridgehead atoms. The Morgan fingerprint density at radius 2 is 1.90 bits per heavy atom. The third kappa shape index (κ3) is 6.74. The maximum absolute atomic E-state index is 13.2. The van der Waals surface area contributed by atoms with Gasteiger partial charge in [0.15, 0.2) is 11.5 Å². The van der Waals surface area contributed by atoms with Crippen LogP contribution in [-0.2, 0) is 29.3 Å². The number of carbonyl (C=O) groups is 2. The van der Waals surface area contributed by atoms with Crippen molar-refractivity contribution in [3.05, 3.63) is 70.9 Å². The summed E-state index contributed by atoms with van der Waals surface area (Å²) >= 11 is -1.02. The molecule has 42 heavy (non-hydrogen) atoms. The van der Waals surface area contributed by atoms with Crippen LogP contribution < -0.4 is 20.1 Å². The SMILES string of the molecule is CN/C(=C\C(=N)C1CC1)C(=O)NCc1cccc(OCc2ccc(C(=O)N3CCN([S+](C)[O-])C4(CC4)C3)cc2)c1OC. The number of carbonyl (C=O) groups excluding carboxylic acids is 2. The first-order valence-corrected chi connectivity index (χ1v) is 15.8. The summed E-state index contributed by atoms with van der Waals surface area (Å²) in [6, 6.07) is 12.9. The number of hydrogen-bond donors (Lipinski definition) is 3. The fourth-order valence-electron chi connectivity index (χ4n) is 5.41. The predicted molar refractivity (Wildman–Crippen MR) is 162 cm³/mol. The molecule has 1 spiro atoms. The molecule has 11 heteroatoms. The van der Waals surface area contributed by atoms with Crippen LogP contribution >= 0.6 is 0 Å². The van der Waals surface area contributed by atoms with Gasteiger partial charge in [0.1, 0.15) is 18.6 Å². The van der Waals surface area contributed by atoms with E-state index >= 15 is 0 Å². The molecule has 1 heterocycles. The van der Waals surface area contributed by atoms with Crippen LogP contribution in [0.1, 0.15) is 47.2 Å². The normalized spacial score (nSPS) is 18.8. The van der Waals surface area contributed by atoms with Crippen molar-refractivity contribution in [2.75, 3.05) is 40.0 Å². The molecule has 1 saturated heterocycles. The number of para-hydroxylation sites is 1. The highest BCUT2D eigenvalue weighted by Gasteiger charge is 2.56. The summed E-state index contributed by atoms with van der Waals surface area (Å²) < 4.78 is 25.9. The zero-order valence-electron chi connectivity index (χ0n) is 24.4. The number of methoxy groups -OCH3 is 1. The minimum atomic E-state index is -1.02. The lowest BCUT2D eigenvalue weighted by molar-refractivity contribution is -0.118. The first-order chi connectivity index (χ1) is 20.2. The quantitative estimate of drug-likeness (QED) is 0.196. The highest BCUT2D eigenvalue weighted by Crippen LogP contribution is 2.45. The molecule has 1 atom stereocenters. The number of ether oxygens (including phenoxy) is 2. The van der Waals surface area contributed by atoms with Crippen molar-refractivity contribution in [3.8, 4) is 11.5 Å². The molecule has 3 fully saturated rings. The Labute approximate surface area is 250 Å². The zero-order valence-corrected chi connectivity index (χ0v) is 25.2. The zero-order chi connectivity index (χ0) is 29.9. The fraction of sp³-hybridized carbons (Fsp3) is 0.452. The third-order valence-corrected chi connectivity index (χ3v) is 9.33. The molecule has 2 saturated carbocycles. The average Bonchev–Trinajstić information content (AvgIpc) is 3.94. The molecule has 1 unspecified atom stereocenters. The van der Waals surface area contributed by atoms with Crippen LogP contribution in [0.15, 0.2) is 54.2 Å². The molecule has 0 aromatic heterocycles. The summed E-state index contributed by atoms with van der Waals surface area (Å²) in [4.78, 5) is 27.8. The molecule has 2 aromatic carbocycles. The number of nitrogens with one attached hydrogen (secondary N) is 3. The Kier molecular flexibility index (Phi) is 9.10. The van der Waals surface area contributed by atoms with Crippen LogP contribution in [0.4, 0.5) is 0 Å². The van der Waals surface area contributed by atoms with Crippen molar-refractivity contribution in [2.45, 2.75) is 44.4 Å². The van der Waals surface area contributed by atoms with E-state index in [1.54, 1.807) is 26.5 Å². The summed E-state index contributed by atoms with van der Waals surface area (Å²) in [5.41, 5.74) is 2.99. The molecular formula is C31H39N5O5S. The first-order valence-electron chi connectivity index (χ1n) is 14.3. The van der Waals surface area contributed by atoms with Gasteiger partial charge in [0, 0.05) is 60.8 Å². The standard InChI is InChI=1S/C31H39N5O5S/c1-33-26(17-25(32)22-11-12-22)29(37)34-18-24-5-4-6-27(28(24)40-2)41-19-21-7-9-23(10-8-21)30(38)35-15-16-36(42(3)39)31(20-35)13-14-31/h4-10,17,22,32-33H,11-16,18-20H2,1-3H3,(H,34,37)/b26-17-,32-25?. The predicted octanol–water partition coefficient (Wildman–Crippen LogP) is 3.01. The van der Waals surface area contributed by atoms with Gasteiger partial charge in [-0.3, -0.25) is 9.59 Å². The van der Waals surface area contributed by atoms with Gasteiger partial charge in [-0.15, -0.1) is 4.31 Å². The molecule has 5 rings (SSSR count). The number of piperazine rings is 1. The Bertz CT molecular complexity index is 1350. The highest BCUT2D eigenvalue weighted by molar-refractivity contribution is 7.88. The Balaban J connectivity index is 1.17. The lowest BCUT2D eigenvalue weighted by atomic mass is 10.1. The Morgan fingerprint density at radius 3 is 2.52 bits per heavy atom. The Hall–Kier alpha value is -3.54. The fourth-order valence-corrected chi connectivity index (χ4v) is 6.54. The van der Waals surface area contributed by atoms with Crippen molar-refractivity contribution >= 4 is 28.9 Å². The van der Waals surface area contributed by atoms with E-state index in [4.69, 9.17) is 14.9 Å². The molecule has 3 aliphatic rings. The van der Waals surface area contributed by atoms with Gasteiger partial charge in [0.2, 0.25) is 0 Å². The van der Waals surface area contributed by atoms with Crippen molar-refractivity contribution in [2.24, 2.45) is 5.92 Å². The van der Waals surface area contributed by atoms with E-state index in [1.165, 1.54) is 0 Å². The molecule has 2 aromatic rings. The summed E-state index contributed by atoms with van der Waals surface area (Å²) in [6.07, 6.45) is 7.27. The minimum Gasteiger partial charge on any atom is -0.598 e. The summed E-state index contributed by atoms with van der Waals surface area (Å²) in [5.74, 6) is 1.04. The van der Waals surface area contributed by atoms with Gasteiger partial charge < -0.3 is 35.0 Å². The third-order valence-electron chi connectivity index (χ3n) is 8.14. The van der Waals surface area contributed by atoms with Crippen LogP contribution in [0.5, 0.6) is 11.5 Å². The van der Waals surface area contributed by atoms with Gasteiger partial charge >= 0.3 is 0 Å². The maximum atomic E-state index is 13.2. The van der Waals surface area contributed by atoms with Gasteiger partial charge in [-0.25, -0.2) is 0 Å². The van der Waals surface area contributed by atoms with Crippen molar-refractivity contribution in [1.29, 1.82) is 5.41 Å². The van der Waals surface area contributed by atoms with E-state index < -0.39 is 11.4 Å². The van der Waals surface area contributed by atoms with Crippen molar-refractivity contribution in [3.63, 3.8) is 0 Å². The highest BCUT2D eigenvalue weighted by atomic mass is 32.2. The van der Waals surface area contributed by atoms with Crippen LogP contribution in [0.2, 0.25) is 0 Å².